The maximum absolute atomic E-state index is 5.47. The second-order valence-electron chi connectivity index (χ2n) is 7.04. The molecule has 1 aliphatic rings. The Morgan fingerprint density at radius 1 is 1.20 bits per heavy atom. The molecule has 4 rings (SSSR count). The lowest BCUT2D eigenvalue weighted by Gasteiger charge is -2.29. The molecule has 25 heavy (non-hydrogen) atoms. The molecule has 0 fully saturated rings. The first-order valence-corrected chi connectivity index (χ1v) is 8.96. The van der Waals surface area contributed by atoms with E-state index in [1.807, 2.05) is 0 Å². The van der Waals surface area contributed by atoms with Crippen LogP contribution in [-0.2, 0) is 0 Å². The molecule has 0 aliphatic carbocycles. The Hall–Kier alpha value is -2.40. The number of H-pyrrole nitrogens is 1. The van der Waals surface area contributed by atoms with Crippen molar-refractivity contribution in [2.45, 2.75) is 39.2 Å². The maximum atomic E-state index is 5.47. The normalized spacial score (nSPS) is 17.2. The highest BCUT2D eigenvalue weighted by atomic mass is 16.5. The van der Waals surface area contributed by atoms with Gasteiger partial charge in [-0.05, 0) is 25.0 Å². The van der Waals surface area contributed by atoms with Crippen LogP contribution in [0.2, 0.25) is 0 Å². The third-order valence-corrected chi connectivity index (χ3v) is 5.05. The van der Waals surface area contributed by atoms with Crippen molar-refractivity contribution in [3.8, 4) is 0 Å². The van der Waals surface area contributed by atoms with Gasteiger partial charge in [0.15, 0.2) is 5.82 Å². The molecule has 0 radical (unpaired) electrons. The van der Waals surface area contributed by atoms with Crippen molar-refractivity contribution in [1.82, 2.24) is 20.0 Å². The van der Waals surface area contributed by atoms with Crippen molar-refractivity contribution < 1.29 is 4.52 Å². The van der Waals surface area contributed by atoms with Crippen LogP contribution in [0.5, 0.6) is 0 Å². The van der Waals surface area contributed by atoms with E-state index in [1.54, 1.807) is 0 Å². The number of para-hydroxylation sites is 1. The number of fused-ring (bicyclic) bond motifs is 1. The summed E-state index contributed by atoms with van der Waals surface area (Å²) < 4.78 is 5.47. The number of hydrogen-bond donors (Lipinski definition) is 1. The first-order valence-electron chi connectivity index (χ1n) is 8.96. The zero-order valence-corrected chi connectivity index (χ0v) is 15.0. The molecule has 1 unspecified atom stereocenters. The fraction of sp³-hybridized carbons (Fsp3) is 0.400. The third kappa shape index (κ3) is 3.00. The van der Waals surface area contributed by atoms with Gasteiger partial charge in [0.2, 0.25) is 5.89 Å². The Kier molecular flexibility index (Phi) is 4.17. The molecule has 5 nitrogen and oxygen atoms in total. The van der Waals surface area contributed by atoms with Crippen molar-refractivity contribution >= 4 is 16.5 Å². The number of rotatable bonds is 4. The van der Waals surface area contributed by atoms with Gasteiger partial charge in [-0.3, -0.25) is 4.90 Å². The van der Waals surface area contributed by atoms with Crippen molar-refractivity contribution in [1.29, 1.82) is 0 Å². The van der Waals surface area contributed by atoms with Crippen LogP contribution in [-0.4, -0.2) is 33.1 Å². The molecule has 3 heterocycles. The van der Waals surface area contributed by atoms with Crippen LogP contribution in [0.3, 0.4) is 0 Å². The Bertz CT molecular complexity index is 905. The summed E-state index contributed by atoms with van der Waals surface area (Å²) in [4.78, 5) is 10.3. The van der Waals surface area contributed by atoms with E-state index < -0.39 is 0 Å². The molecule has 1 N–H and O–H groups in total. The molecule has 0 bridgehead atoms. The Balaban J connectivity index is 1.51. The Morgan fingerprint density at radius 2 is 2.04 bits per heavy atom. The number of nitrogens with one attached hydrogen (secondary N) is 1. The van der Waals surface area contributed by atoms with Crippen LogP contribution in [0.25, 0.3) is 16.5 Å². The van der Waals surface area contributed by atoms with Crippen LogP contribution >= 0.6 is 0 Å². The summed E-state index contributed by atoms with van der Waals surface area (Å²) in [5.74, 6) is 1.79. The number of aromatic amines is 1. The highest BCUT2D eigenvalue weighted by Gasteiger charge is 2.24. The highest BCUT2D eigenvalue weighted by Crippen LogP contribution is 2.31. The monoisotopic (exact) mass is 336 g/mol. The molecule has 1 atom stereocenters. The van der Waals surface area contributed by atoms with Gasteiger partial charge in [-0.1, -0.05) is 43.3 Å². The van der Waals surface area contributed by atoms with E-state index in [0.717, 1.165) is 25.3 Å². The molecular weight excluding hydrogens is 312 g/mol. The van der Waals surface area contributed by atoms with Crippen molar-refractivity contribution in [3.63, 3.8) is 0 Å². The predicted octanol–water partition coefficient (Wildman–Crippen LogP) is 4.52. The molecule has 130 valence electrons. The van der Waals surface area contributed by atoms with Gasteiger partial charge in [-0.2, -0.15) is 4.98 Å². The summed E-state index contributed by atoms with van der Waals surface area (Å²) in [5, 5.41) is 5.39. The van der Waals surface area contributed by atoms with Crippen LogP contribution < -0.4 is 0 Å². The topological polar surface area (TPSA) is 58.0 Å². The lowest BCUT2D eigenvalue weighted by atomic mass is 9.98. The summed E-state index contributed by atoms with van der Waals surface area (Å²) in [6, 6.07) is 8.61. The van der Waals surface area contributed by atoms with E-state index in [2.05, 4.69) is 77.3 Å². The maximum Gasteiger partial charge on any atom is 0.243 e. The summed E-state index contributed by atoms with van der Waals surface area (Å²) in [7, 11) is 0. The van der Waals surface area contributed by atoms with Gasteiger partial charge in [0.05, 0.1) is 6.04 Å². The van der Waals surface area contributed by atoms with Crippen LogP contribution in [0.1, 0.15) is 56.4 Å². The molecule has 5 heteroatoms. The minimum Gasteiger partial charge on any atom is -0.361 e. The largest absolute Gasteiger partial charge is 0.361 e. The minimum absolute atomic E-state index is 0.140. The molecule has 3 aromatic rings. The minimum atomic E-state index is 0.140. The zero-order chi connectivity index (χ0) is 17.4. The summed E-state index contributed by atoms with van der Waals surface area (Å²) in [5.41, 5.74) is 3.93. The second-order valence-corrected chi connectivity index (χ2v) is 7.04. The van der Waals surface area contributed by atoms with Gasteiger partial charge >= 0.3 is 0 Å². The van der Waals surface area contributed by atoms with Gasteiger partial charge in [-0.15, -0.1) is 0 Å². The SMILES string of the molecule is CC(C)c1noc(C(C)N2CC=C(c3c[nH]c4ccccc34)CC2)n1. The number of hydrogen-bond acceptors (Lipinski definition) is 4. The summed E-state index contributed by atoms with van der Waals surface area (Å²) in [6.45, 7) is 8.19. The Labute approximate surface area is 147 Å². The second kappa shape index (κ2) is 6.48. The van der Waals surface area contributed by atoms with Crippen molar-refractivity contribution in [2.75, 3.05) is 13.1 Å². The summed E-state index contributed by atoms with van der Waals surface area (Å²) in [6.07, 6.45) is 5.48. The van der Waals surface area contributed by atoms with E-state index in [-0.39, 0.29) is 6.04 Å². The van der Waals surface area contributed by atoms with Crippen molar-refractivity contribution in [3.05, 3.63) is 53.8 Å². The fourth-order valence-electron chi connectivity index (χ4n) is 3.43. The molecule has 0 saturated carbocycles. The quantitative estimate of drug-likeness (QED) is 0.761. The lowest BCUT2D eigenvalue weighted by Crippen LogP contribution is -2.31. The van der Waals surface area contributed by atoms with E-state index in [4.69, 9.17) is 4.52 Å². The summed E-state index contributed by atoms with van der Waals surface area (Å²) >= 11 is 0. The first kappa shape index (κ1) is 16.1. The van der Waals surface area contributed by atoms with E-state index in [0.29, 0.717) is 11.8 Å². The Morgan fingerprint density at radius 3 is 2.76 bits per heavy atom. The van der Waals surface area contributed by atoms with E-state index >= 15 is 0 Å². The average molecular weight is 336 g/mol. The van der Waals surface area contributed by atoms with Crippen molar-refractivity contribution in [2.24, 2.45) is 0 Å². The smallest absolute Gasteiger partial charge is 0.243 e. The van der Waals surface area contributed by atoms with Gasteiger partial charge in [0.25, 0.3) is 0 Å². The fourth-order valence-corrected chi connectivity index (χ4v) is 3.43. The predicted molar refractivity (Wildman–Crippen MR) is 99.3 cm³/mol. The standard InChI is InChI=1S/C20H24N4O/c1-13(2)19-22-20(25-23-19)14(3)24-10-8-15(9-11-24)17-12-21-18-7-5-4-6-16(17)18/h4-8,12-14,21H,9-11H2,1-3H3. The zero-order valence-electron chi connectivity index (χ0n) is 15.0. The average Bonchev–Trinajstić information content (AvgIpc) is 3.29. The van der Waals surface area contributed by atoms with Gasteiger partial charge in [-0.25, -0.2) is 0 Å². The van der Waals surface area contributed by atoms with Crippen LogP contribution in [0.15, 0.2) is 41.1 Å². The highest BCUT2D eigenvalue weighted by molar-refractivity contribution is 5.92. The molecule has 0 spiro atoms. The van der Waals surface area contributed by atoms with Crippen LogP contribution in [0.4, 0.5) is 0 Å². The number of benzene rings is 1. The molecule has 1 aliphatic heterocycles. The van der Waals surface area contributed by atoms with Crippen LogP contribution in [0, 0.1) is 0 Å². The first-order chi connectivity index (χ1) is 12.1. The van der Waals surface area contributed by atoms with Gasteiger partial charge < -0.3 is 9.51 Å². The number of aromatic nitrogens is 3. The third-order valence-electron chi connectivity index (χ3n) is 5.05. The molecular formula is C20H24N4O. The lowest BCUT2D eigenvalue weighted by molar-refractivity contribution is 0.189. The van der Waals surface area contributed by atoms with E-state index in [1.165, 1.54) is 22.0 Å². The number of nitrogens with zero attached hydrogens (tertiary/aromatic N) is 3. The molecule has 0 amide bonds. The van der Waals surface area contributed by atoms with Gasteiger partial charge in [0, 0.05) is 41.7 Å². The molecule has 1 aromatic carbocycles. The molecule has 0 saturated heterocycles. The van der Waals surface area contributed by atoms with E-state index in [9.17, 15) is 0 Å². The molecule has 2 aromatic heterocycles. The van der Waals surface area contributed by atoms with Gasteiger partial charge in [0.1, 0.15) is 0 Å².